The average molecular weight is 188 g/mol. The van der Waals surface area contributed by atoms with E-state index in [-0.39, 0.29) is 0 Å². The van der Waals surface area contributed by atoms with Crippen LogP contribution in [0.15, 0.2) is 30.7 Å². The van der Waals surface area contributed by atoms with Crippen molar-refractivity contribution in [3.8, 4) is 0 Å². The molecule has 0 fully saturated rings. The van der Waals surface area contributed by atoms with Crippen molar-refractivity contribution in [3.63, 3.8) is 0 Å². The van der Waals surface area contributed by atoms with Gasteiger partial charge in [0.2, 0.25) is 0 Å². The summed E-state index contributed by atoms with van der Waals surface area (Å²) in [6.07, 6.45) is 5.47. The van der Waals surface area contributed by atoms with Crippen LogP contribution < -0.4 is 5.32 Å². The van der Waals surface area contributed by atoms with Crippen LogP contribution in [0.1, 0.15) is 5.69 Å². The lowest BCUT2D eigenvalue weighted by atomic mass is 10.3. The van der Waals surface area contributed by atoms with Crippen LogP contribution in [0.5, 0.6) is 0 Å². The smallest absolute Gasteiger partial charge is 0.0828 e. The van der Waals surface area contributed by atoms with Crippen LogP contribution in [0.2, 0.25) is 0 Å². The number of hydrogen-bond donors (Lipinski definition) is 1. The topological polar surface area (TPSA) is 42.7 Å². The number of aryl methyl sites for hydroxylation is 2. The molecule has 0 atom stereocenters. The van der Waals surface area contributed by atoms with E-state index in [0.717, 1.165) is 17.1 Å². The Morgan fingerprint density at radius 3 is 2.57 bits per heavy atom. The molecule has 0 amide bonds. The Labute approximate surface area is 82.6 Å². The lowest BCUT2D eigenvalue weighted by Gasteiger charge is -2.02. The van der Waals surface area contributed by atoms with Crippen molar-refractivity contribution in [2.45, 2.75) is 6.92 Å². The molecule has 0 aliphatic rings. The largest absolute Gasteiger partial charge is 0.353 e. The van der Waals surface area contributed by atoms with E-state index in [1.54, 1.807) is 17.1 Å². The van der Waals surface area contributed by atoms with E-state index in [1.165, 1.54) is 0 Å². The summed E-state index contributed by atoms with van der Waals surface area (Å²) in [5, 5.41) is 7.52. The zero-order valence-electron chi connectivity index (χ0n) is 8.23. The third kappa shape index (κ3) is 1.74. The van der Waals surface area contributed by atoms with Gasteiger partial charge in [-0.3, -0.25) is 9.67 Å². The first-order chi connectivity index (χ1) is 6.75. The van der Waals surface area contributed by atoms with Crippen molar-refractivity contribution in [2.24, 2.45) is 7.05 Å². The molecule has 0 bridgehead atoms. The molecule has 2 heterocycles. The monoisotopic (exact) mass is 188 g/mol. The summed E-state index contributed by atoms with van der Waals surface area (Å²) in [6.45, 7) is 1.98. The van der Waals surface area contributed by atoms with Crippen LogP contribution in [0.25, 0.3) is 0 Å². The van der Waals surface area contributed by atoms with Gasteiger partial charge in [-0.25, -0.2) is 0 Å². The van der Waals surface area contributed by atoms with E-state index in [4.69, 9.17) is 0 Å². The highest BCUT2D eigenvalue weighted by atomic mass is 15.3. The van der Waals surface area contributed by atoms with Crippen LogP contribution in [0.4, 0.5) is 11.4 Å². The highest BCUT2D eigenvalue weighted by molar-refractivity contribution is 5.60. The molecule has 14 heavy (non-hydrogen) atoms. The van der Waals surface area contributed by atoms with Gasteiger partial charge in [-0.05, 0) is 19.1 Å². The molecular weight excluding hydrogens is 176 g/mol. The third-order valence-electron chi connectivity index (χ3n) is 1.97. The molecule has 4 nitrogen and oxygen atoms in total. The van der Waals surface area contributed by atoms with Crippen LogP contribution in [0, 0.1) is 6.92 Å². The van der Waals surface area contributed by atoms with Gasteiger partial charge in [0.05, 0.1) is 11.4 Å². The summed E-state index contributed by atoms with van der Waals surface area (Å²) in [5.74, 6) is 0. The second-order valence-electron chi connectivity index (χ2n) is 3.16. The second-order valence-corrected chi connectivity index (χ2v) is 3.16. The Bertz CT molecular complexity index is 419. The molecule has 0 spiro atoms. The van der Waals surface area contributed by atoms with E-state index in [1.807, 2.05) is 32.3 Å². The van der Waals surface area contributed by atoms with Crippen LogP contribution in [-0.4, -0.2) is 14.8 Å². The Hall–Kier alpha value is -1.84. The van der Waals surface area contributed by atoms with E-state index in [9.17, 15) is 0 Å². The molecule has 4 heteroatoms. The van der Waals surface area contributed by atoms with Gasteiger partial charge < -0.3 is 5.32 Å². The lowest BCUT2D eigenvalue weighted by molar-refractivity contribution is 0.756. The van der Waals surface area contributed by atoms with Gasteiger partial charge in [-0.15, -0.1) is 0 Å². The van der Waals surface area contributed by atoms with Gasteiger partial charge in [0, 0.05) is 31.3 Å². The molecule has 1 N–H and O–H groups in total. The van der Waals surface area contributed by atoms with Gasteiger partial charge >= 0.3 is 0 Å². The lowest BCUT2D eigenvalue weighted by Crippen LogP contribution is -1.90. The summed E-state index contributed by atoms with van der Waals surface area (Å²) in [6, 6.07) is 3.85. The molecular formula is C10H12N4. The third-order valence-corrected chi connectivity index (χ3v) is 1.97. The maximum absolute atomic E-state index is 4.25. The second kappa shape index (κ2) is 3.49. The Morgan fingerprint density at radius 2 is 2.00 bits per heavy atom. The summed E-state index contributed by atoms with van der Waals surface area (Å²) >= 11 is 0. The minimum atomic E-state index is 0.990. The number of pyridine rings is 1. The normalized spacial score (nSPS) is 10.1. The maximum atomic E-state index is 4.25. The molecule has 0 saturated carbocycles. The molecule has 72 valence electrons. The molecule has 2 aromatic heterocycles. The first-order valence-electron chi connectivity index (χ1n) is 4.43. The molecule has 0 radical (unpaired) electrons. The molecule has 0 unspecified atom stereocenters. The fourth-order valence-electron chi connectivity index (χ4n) is 1.31. The van der Waals surface area contributed by atoms with Gasteiger partial charge in [0.15, 0.2) is 0 Å². The highest BCUT2D eigenvalue weighted by Crippen LogP contribution is 2.17. The Morgan fingerprint density at radius 1 is 1.29 bits per heavy atom. The van der Waals surface area contributed by atoms with Crippen LogP contribution in [0.3, 0.4) is 0 Å². The Balaban J connectivity index is 2.23. The predicted octanol–water partition coefficient (Wildman–Crippen LogP) is 1.87. The molecule has 2 rings (SSSR count). The minimum Gasteiger partial charge on any atom is -0.353 e. The quantitative estimate of drug-likeness (QED) is 0.782. The summed E-state index contributed by atoms with van der Waals surface area (Å²) in [5.41, 5.74) is 3.04. The first kappa shape index (κ1) is 8.74. The molecule has 2 aromatic rings. The van der Waals surface area contributed by atoms with Crippen molar-refractivity contribution >= 4 is 11.4 Å². The Kier molecular flexibility index (Phi) is 2.18. The number of aromatic nitrogens is 3. The standard InChI is InChI=1S/C10H12N4/c1-8-10(7-14(2)13-8)12-9-3-5-11-6-4-9/h3-7H,1-2H3,(H,11,12). The molecule has 0 saturated heterocycles. The van der Waals surface area contributed by atoms with E-state index < -0.39 is 0 Å². The van der Waals surface area contributed by atoms with E-state index >= 15 is 0 Å². The van der Waals surface area contributed by atoms with Crippen molar-refractivity contribution < 1.29 is 0 Å². The number of rotatable bonds is 2. The molecule has 0 aliphatic heterocycles. The van der Waals surface area contributed by atoms with Crippen molar-refractivity contribution in [1.82, 2.24) is 14.8 Å². The summed E-state index contributed by atoms with van der Waals surface area (Å²) in [7, 11) is 1.91. The molecule has 0 aliphatic carbocycles. The zero-order chi connectivity index (χ0) is 9.97. The molecule has 0 aromatic carbocycles. The first-order valence-corrected chi connectivity index (χ1v) is 4.43. The fraction of sp³-hybridized carbons (Fsp3) is 0.200. The van der Waals surface area contributed by atoms with Gasteiger partial charge in [-0.1, -0.05) is 0 Å². The fourth-order valence-corrected chi connectivity index (χ4v) is 1.31. The average Bonchev–Trinajstić information content (AvgIpc) is 2.47. The van der Waals surface area contributed by atoms with Crippen molar-refractivity contribution in [2.75, 3.05) is 5.32 Å². The summed E-state index contributed by atoms with van der Waals surface area (Å²) in [4.78, 5) is 3.95. The van der Waals surface area contributed by atoms with Crippen molar-refractivity contribution in [3.05, 3.63) is 36.4 Å². The van der Waals surface area contributed by atoms with E-state index in [0.29, 0.717) is 0 Å². The minimum absolute atomic E-state index is 0.990. The van der Waals surface area contributed by atoms with E-state index in [2.05, 4.69) is 15.4 Å². The number of anilines is 2. The number of hydrogen-bond acceptors (Lipinski definition) is 3. The zero-order valence-corrected chi connectivity index (χ0v) is 8.23. The maximum Gasteiger partial charge on any atom is 0.0828 e. The predicted molar refractivity (Wildman–Crippen MR) is 55.5 cm³/mol. The van der Waals surface area contributed by atoms with Crippen LogP contribution >= 0.6 is 0 Å². The van der Waals surface area contributed by atoms with Crippen LogP contribution in [-0.2, 0) is 7.05 Å². The SMILES string of the molecule is Cc1nn(C)cc1Nc1ccncc1. The number of nitrogens with zero attached hydrogens (tertiary/aromatic N) is 3. The van der Waals surface area contributed by atoms with Gasteiger partial charge in [-0.2, -0.15) is 5.10 Å². The number of nitrogens with one attached hydrogen (secondary N) is 1. The van der Waals surface area contributed by atoms with Gasteiger partial charge in [0.1, 0.15) is 0 Å². The highest BCUT2D eigenvalue weighted by Gasteiger charge is 2.01. The summed E-state index contributed by atoms with van der Waals surface area (Å²) < 4.78 is 1.79. The van der Waals surface area contributed by atoms with Gasteiger partial charge in [0.25, 0.3) is 0 Å². The van der Waals surface area contributed by atoms with Crippen molar-refractivity contribution in [1.29, 1.82) is 0 Å².